The van der Waals surface area contributed by atoms with E-state index >= 15 is 0 Å². The van der Waals surface area contributed by atoms with Crippen molar-refractivity contribution in [1.82, 2.24) is 5.32 Å². The van der Waals surface area contributed by atoms with Crippen LogP contribution < -0.4 is 10.2 Å². The first-order valence-corrected chi connectivity index (χ1v) is 7.86. The smallest absolute Gasteiger partial charge is 0.0641 e. The first kappa shape index (κ1) is 15.6. The molecule has 0 unspecified atom stereocenters. The van der Waals surface area contributed by atoms with Gasteiger partial charge in [-0.1, -0.05) is 18.5 Å². The van der Waals surface area contributed by atoms with Crippen LogP contribution in [0.25, 0.3) is 0 Å². The fourth-order valence-electron chi connectivity index (χ4n) is 2.18. The number of hydrogen-bond acceptors (Lipinski definition) is 3. The summed E-state index contributed by atoms with van der Waals surface area (Å²) in [5.74, 6) is 0.833. The Morgan fingerprint density at radius 1 is 1.40 bits per heavy atom. The van der Waals surface area contributed by atoms with Crippen LogP contribution in [0.4, 0.5) is 5.69 Å². The highest BCUT2D eigenvalue weighted by Gasteiger charge is 2.21. The molecule has 0 heterocycles. The van der Waals surface area contributed by atoms with Crippen molar-refractivity contribution in [2.45, 2.75) is 26.3 Å². The van der Waals surface area contributed by atoms with Gasteiger partial charge in [-0.25, -0.2) is 0 Å². The van der Waals surface area contributed by atoms with Gasteiger partial charge in [-0.15, -0.1) is 0 Å². The van der Waals surface area contributed by atoms with Gasteiger partial charge in [0.15, 0.2) is 0 Å². The minimum atomic E-state index is 0.788. The second-order valence-electron chi connectivity index (χ2n) is 5.49. The first-order valence-electron chi connectivity index (χ1n) is 7.48. The quantitative estimate of drug-likeness (QED) is 0.708. The third kappa shape index (κ3) is 4.97. The van der Waals surface area contributed by atoms with Gasteiger partial charge >= 0.3 is 0 Å². The van der Waals surface area contributed by atoms with Gasteiger partial charge in [0.05, 0.1) is 6.61 Å². The molecule has 1 fully saturated rings. The van der Waals surface area contributed by atoms with E-state index < -0.39 is 0 Å². The molecule has 112 valence electrons. The number of likely N-dealkylation sites (N-methyl/N-ethyl adjacent to an activating group) is 1. The maximum atomic E-state index is 6.10. The van der Waals surface area contributed by atoms with Gasteiger partial charge < -0.3 is 15.0 Å². The van der Waals surface area contributed by atoms with Crippen LogP contribution >= 0.6 is 11.6 Å². The summed E-state index contributed by atoms with van der Waals surface area (Å²) in [5.41, 5.74) is 2.47. The zero-order chi connectivity index (χ0) is 14.4. The molecule has 4 heteroatoms. The summed E-state index contributed by atoms with van der Waals surface area (Å²) in [5, 5.41) is 4.15. The second-order valence-corrected chi connectivity index (χ2v) is 5.93. The number of nitrogens with zero attached hydrogens (tertiary/aromatic N) is 1. The number of ether oxygens (including phenoxy) is 1. The maximum Gasteiger partial charge on any atom is 0.0641 e. The minimum absolute atomic E-state index is 0.788. The number of nitrogens with one attached hydrogen (secondary N) is 1. The van der Waals surface area contributed by atoms with E-state index in [9.17, 15) is 0 Å². The van der Waals surface area contributed by atoms with Gasteiger partial charge in [0.2, 0.25) is 0 Å². The van der Waals surface area contributed by atoms with Crippen molar-refractivity contribution >= 4 is 17.3 Å². The number of anilines is 1. The van der Waals surface area contributed by atoms with Crippen LogP contribution in [-0.4, -0.2) is 33.4 Å². The van der Waals surface area contributed by atoms with E-state index in [-0.39, 0.29) is 0 Å². The largest absolute Gasteiger partial charge is 0.379 e. The molecule has 1 aromatic rings. The topological polar surface area (TPSA) is 24.5 Å². The molecular weight excluding hydrogens is 272 g/mol. The van der Waals surface area contributed by atoms with Crippen molar-refractivity contribution in [3.05, 3.63) is 28.8 Å². The Hall–Kier alpha value is -0.770. The Morgan fingerprint density at radius 3 is 2.90 bits per heavy atom. The zero-order valence-corrected chi connectivity index (χ0v) is 13.2. The Labute approximate surface area is 127 Å². The highest BCUT2D eigenvalue weighted by Crippen LogP contribution is 2.28. The summed E-state index contributed by atoms with van der Waals surface area (Å²) in [6.45, 7) is 6.54. The highest BCUT2D eigenvalue weighted by atomic mass is 35.5. The number of benzene rings is 1. The van der Waals surface area contributed by atoms with Crippen molar-refractivity contribution in [3.8, 4) is 0 Å². The van der Waals surface area contributed by atoms with Crippen molar-refractivity contribution in [3.63, 3.8) is 0 Å². The average molecular weight is 297 g/mol. The predicted octanol–water partition coefficient (Wildman–Crippen LogP) is 3.31. The lowest BCUT2D eigenvalue weighted by Gasteiger charge is -2.23. The minimum Gasteiger partial charge on any atom is -0.379 e. The predicted molar refractivity (Wildman–Crippen MR) is 85.6 cm³/mol. The van der Waals surface area contributed by atoms with E-state index in [1.54, 1.807) is 0 Å². The Morgan fingerprint density at radius 2 is 2.20 bits per heavy atom. The molecule has 0 bridgehead atoms. The molecule has 0 amide bonds. The van der Waals surface area contributed by atoms with Crippen molar-refractivity contribution in [1.29, 1.82) is 0 Å². The van der Waals surface area contributed by atoms with E-state index in [2.05, 4.69) is 30.3 Å². The van der Waals surface area contributed by atoms with E-state index in [0.717, 1.165) is 43.8 Å². The summed E-state index contributed by atoms with van der Waals surface area (Å²) < 4.78 is 5.71. The van der Waals surface area contributed by atoms with Crippen molar-refractivity contribution < 1.29 is 4.74 Å². The van der Waals surface area contributed by atoms with Gasteiger partial charge in [0, 0.05) is 37.5 Å². The van der Waals surface area contributed by atoms with Gasteiger partial charge in [-0.2, -0.15) is 0 Å². The molecule has 20 heavy (non-hydrogen) atoms. The van der Waals surface area contributed by atoms with E-state index in [0.29, 0.717) is 0 Å². The lowest BCUT2D eigenvalue weighted by molar-refractivity contribution is 0.131. The molecule has 1 aliphatic carbocycles. The van der Waals surface area contributed by atoms with Crippen LogP contribution in [0.5, 0.6) is 0 Å². The standard InChI is InChI=1S/C16H25ClN2O/c1-3-18-11-14-10-15(17)6-7-16(14)19(2)8-9-20-12-13-4-5-13/h6-7,10,13,18H,3-5,8-9,11-12H2,1-2H3. The van der Waals surface area contributed by atoms with Crippen LogP contribution in [-0.2, 0) is 11.3 Å². The third-order valence-electron chi connectivity index (χ3n) is 3.64. The molecule has 3 nitrogen and oxygen atoms in total. The molecule has 1 aliphatic rings. The monoisotopic (exact) mass is 296 g/mol. The Kier molecular flexibility index (Phi) is 6.14. The highest BCUT2D eigenvalue weighted by molar-refractivity contribution is 6.30. The van der Waals surface area contributed by atoms with Crippen LogP contribution in [0, 0.1) is 5.92 Å². The summed E-state index contributed by atoms with van der Waals surface area (Å²) >= 11 is 6.10. The number of rotatable bonds is 9. The third-order valence-corrected chi connectivity index (χ3v) is 3.87. The molecule has 0 atom stereocenters. The van der Waals surface area contributed by atoms with Crippen LogP contribution in [0.15, 0.2) is 18.2 Å². The lowest BCUT2D eigenvalue weighted by Crippen LogP contribution is -2.25. The SMILES string of the molecule is CCNCc1cc(Cl)ccc1N(C)CCOCC1CC1. The molecule has 0 aliphatic heterocycles. The van der Waals surface area contributed by atoms with Gasteiger partial charge in [0.1, 0.15) is 0 Å². The van der Waals surface area contributed by atoms with Crippen molar-refractivity contribution in [2.75, 3.05) is 38.3 Å². The normalized spacial score (nSPS) is 14.6. The fourth-order valence-corrected chi connectivity index (χ4v) is 2.38. The Bertz CT molecular complexity index is 421. The molecular formula is C16H25ClN2O. The number of hydrogen-bond donors (Lipinski definition) is 1. The summed E-state index contributed by atoms with van der Waals surface area (Å²) in [6.07, 6.45) is 2.69. The van der Waals surface area contributed by atoms with Gasteiger partial charge in [0.25, 0.3) is 0 Å². The molecule has 1 aromatic carbocycles. The van der Waals surface area contributed by atoms with Crippen LogP contribution in [0.3, 0.4) is 0 Å². The molecule has 2 rings (SSSR count). The van der Waals surface area contributed by atoms with E-state index in [4.69, 9.17) is 16.3 Å². The maximum absolute atomic E-state index is 6.10. The average Bonchev–Trinajstić information content (AvgIpc) is 3.25. The molecule has 1 N–H and O–H groups in total. The fraction of sp³-hybridized carbons (Fsp3) is 0.625. The Balaban J connectivity index is 1.87. The van der Waals surface area contributed by atoms with E-state index in [1.807, 2.05) is 12.1 Å². The molecule has 0 spiro atoms. The van der Waals surface area contributed by atoms with E-state index in [1.165, 1.54) is 24.1 Å². The number of halogens is 1. The summed E-state index contributed by atoms with van der Waals surface area (Å²) in [7, 11) is 2.11. The molecule has 1 saturated carbocycles. The van der Waals surface area contributed by atoms with Crippen molar-refractivity contribution in [2.24, 2.45) is 5.92 Å². The molecule has 0 radical (unpaired) electrons. The molecule has 0 saturated heterocycles. The summed E-state index contributed by atoms with van der Waals surface area (Å²) in [6, 6.07) is 6.09. The van der Waals surface area contributed by atoms with Crippen LogP contribution in [0.2, 0.25) is 5.02 Å². The first-order chi connectivity index (χ1) is 9.70. The molecule has 0 aromatic heterocycles. The lowest BCUT2D eigenvalue weighted by atomic mass is 10.1. The van der Waals surface area contributed by atoms with Gasteiger partial charge in [-0.05, 0) is 49.1 Å². The van der Waals surface area contributed by atoms with Gasteiger partial charge in [-0.3, -0.25) is 0 Å². The second kappa shape index (κ2) is 7.87. The van der Waals surface area contributed by atoms with Crippen LogP contribution in [0.1, 0.15) is 25.3 Å². The summed E-state index contributed by atoms with van der Waals surface area (Å²) in [4.78, 5) is 2.25. The zero-order valence-electron chi connectivity index (χ0n) is 12.5.